The third-order valence-electron chi connectivity index (χ3n) is 1.36. The number of amides is 2. The van der Waals surface area contributed by atoms with Gasteiger partial charge in [-0.25, -0.2) is 14.4 Å². The predicted octanol–water partition coefficient (Wildman–Crippen LogP) is -0.430. The van der Waals surface area contributed by atoms with E-state index in [1.807, 2.05) is 0 Å². The van der Waals surface area contributed by atoms with Crippen LogP contribution in [0.5, 0.6) is 0 Å². The van der Waals surface area contributed by atoms with Gasteiger partial charge >= 0.3 is 18.2 Å². The van der Waals surface area contributed by atoms with Gasteiger partial charge in [0, 0.05) is 0 Å². The lowest BCUT2D eigenvalue weighted by atomic mass is 10.3. The minimum atomic E-state index is -1.62. The van der Waals surface area contributed by atoms with Gasteiger partial charge in [0.1, 0.15) is 6.61 Å². The fourth-order valence-corrected chi connectivity index (χ4v) is 0.815. The van der Waals surface area contributed by atoms with Crippen molar-refractivity contribution >= 4 is 18.2 Å². The molecule has 7 heteroatoms. The Morgan fingerprint density at radius 1 is 1.50 bits per heavy atom. The van der Waals surface area contributed by atoms with Gasteiger partial charge in [-0.15, -0.1) is 0 Å². The number of carbonyl (C=O) groups is 3. The summed E-state index contributed by atoms with van der Waals surface area (Å²) in [6, 6.07) is -1.42. The van der Waals surface area contributed by atoms with Gasteiger partial charge < -0.3 is 14.9 Å². The fraction of sp³-hybridized carbons (Fsp3) is 0.400. The SMILES string of the molecule is O=C(O)C1COC(=O)N1C(=O)O. The maximum Gasteiger partial charge on any atom is 0.420 e. The van der Waals surface area contributed by atoms with E-state index in [4.69, 9.17) is 10.2 Å². The molecule has 1 fully saturated rings. The van der Waals surface area contributed by atoms with Crippen LogP contribution in [0.15, 0.2) is 0 Å². The lowest BCUT2D eigenvalue weighted by Crippen LogP contribution is -2.42. The second-order valence-electron chi connectivity index (χ2n) is 2.08. The molecule has 0 spiro atoms. The highest BCUT2D eigenvalue weighted by atomic mass is 16.6. The molecule has 2 N–H and O–H groups in total. The summed E-state index contributed by atoms with van der Waals surface area (Å²) in [4.78, 5) is 31.3. The third kappa shape index (κ3) is 1.16. The molecule has 1 atom stereocenters. The number of rotatable bonds is 1. The number of hydrogen-bond donors (Lipinski definition) is 2. The normalized spacial score (nSPS) is 22.2. The number of cyclic esters (lactones) is 1. The molecule has 0 radical (unpaired) electrons. The van der Waals surface area contributed by atoms with Crippen molar-refractivity contribution in [2.45, 2.75) is 6.04 Å². The molecular weight excluding hydrogens is 170 g/mol. The van der Waals surface area contributed by atoms with E-state index in [9.17, 15) is 14.4 Å². The van der Waals surface area contributed by atoms with Crippen molar-refractivity contribution in [2.75, 3.05) is 6.61 Å². The molecule has 1 heterocycles. The van der Waals surface area contributed by atoms with Crippen molar-refractivity contribution in [3.63, 3.8) is 0 Å². The van der Waals surface area contributed by atoms with E-state index in [1.165, 1.54) is 0 Å². The summed E-state index contributed by atoms with van der Waals surface area (Å²) in [7, 11) is 0. The molecule has 0 saturated carbocycles. The highest BCUT2D eigenvalue weighted by Crippen LogP contribution is 2.12. The number of imide groups is 1. The minimum Gasteiger partial charge on any atom is -0.480 e. The molecule has 0 aromatic heterocycles. The third-order valence-corrected chi connectivity index (χ3v) is 1.36. The average Bonchev–Trinajstić information content (AvgIpc) is 2.30. The topological polar surface area (TPSA) is 104 Å². The fourth-order valence-electron chi connectivity index (χ4n) is 0.815. The van der Waals surface area contributed by atoms with Crippen molar-refractivity contribution in [3.8, 4) is 0 Å². The van der Waals surface area contributed by atoms with Crippen molar-refractivity contribution in [1.82, 2.24) is 4.90 Å². The van der Waals surface area contributed by atoms with Crippen molar-refractivity contribution in [2.24, 2.45) is 0 Å². The van der Waals surface area contributed by atoms with Crippen LogP contribution in [0.3, 0.4) is 0 Å². The summed E-state index contributed by atoms with van der Waals surface area (Å²) in [6.45, 7) is -0.430. The number of hydrogen-bond acceptors (Lipinski definition) is 4. The van der Waals surface area contributed by atoms with E-state index >= 15 is 0 Å². The molecule has 1 rings (SSSR count). The predicted molar refractivity (Wildman–Crippen MR) is 32.6 cm³/mol. The number of carbonyl (C=O) groups excluding carboxylic acids is 1. The van der Waals surface area contributed by atoms with Crippen LogP contribution in [-0.2, 0) is 9.53 Å². The first-order valence-electron chi connectivity index (χ1n) is 2.95. The van der Waals surface area contributed by atoms with Crippen LogP contribution in [0.25, 0.3) is 0 Å². The van der Waals surface area contributed by atoms with Crippen LogP contribution in [-0.4, -0.2) is 45.9 Å². The summed E-state index contributed by atoms with van der Waals surface area (Å²) in [6.07, 6.45) is -2.76. The van der Waals surface area contributed by atoms with E-state index in [2.05, 4.69) is 4.74 Å². The maximum atomic E-state index is 10.6. The molecule has 66 valence electrons. The summed E-state index contributed by atoms with van der Waals surface area (Å²) in [5.74, 6) is -1.40. The smallest absolute Gasteiger partial charge is 0.420 e. The van der Waals surface area contributed by atoms with Crippen LogP contribution < -0.4 is 0 Å². The highest BCUT2D eigenvalue weighted by Gasteiger charge is 2.42. The molecule has 1 unspecified atom stereocenters. The molecule has 1 aliphatic heterocycles. The molecular formula is C5H5NO6. The Labute approximate surface area is 66.1 Å². The summed E-state index contributed by atoms with van der Waals surface area (Å²) in [5, 5.41) is 16.8. The summed E-state index contributed by atoms with van der Waals surface area (Å²) >= 11 is 0. The second-order valence-corrected chi connectivity index (χ2v) is 2.08. The van der Waals surface area contributed by atoms with Gasteiger partial charge in [0.15, 0.2) is 6.04 Å². The van der Waals surface area contributed by atoms with Crippen LogP contribution in [0.2, 0.25) is 0 Å². The second kappa shape index (κ2) is 2.68. The first-order chi connectivity index (χ1) is 5.54. The summed E-state index contributed by atoms with van der Waals surface area (Å²) < 4.78 is 4.23. The number of carboxylic acid groups (broad SMARTS) is 2. The van der Waals surface area contributed by atoms with Gasteiger partial charge in [0.25, 0.3) is 0 Å². The quantitative estimate of drug-likeness (QED) is 0.560. The van der Waals surface area contributed by atoms with Crippen molar-refractivity contribution in [3.05, 3.63) is 0 Å². The van der Waals surface area contributed by atoms with Gasteiger partial charge in [0.2, 0.25) is 0 Å². The Morgan fingerprint density at radius 2 is 2.08 bits per heavy atom. The van der Waals surface area contributed by atoms with E-state index in [1.54, 1.807) is 0 Å². The van der Waals surface area contributed by atoms with Gasteiger partial charge in [-0.3, -0.25) is 0 Å². The molecule has 0 bridgehead atoms. The molecule has 0 aliphatic carbocycles. The number of nitrogens with zero attached hydrogens (tertiary/aromatic N) is 1. The monoisotopic (exact) mass is 175 g/mol. The molecule has 0 aromatic rings. The van der Waals surface area contributed by atoms with Gasteiger partial charge in [-0.1, -0.05) is 0 Å². The van der Waals surface area contributed by atoms with Gasteiger partial charge in [0.05, 0.1) is 0 Å². The molecule has 1 saturated heterocycles. The van der Waals surface area contributed by atoms with E-state index in [0.29, 0.717) is 0 Å². The Morgan fingerprint density at radius 3 is 2.42 bits per heavy atom. The lowest BCUT2D eigenvalue weighted by Gasteiger charge is -2.10. The van der Waals surface area contributed by atoms with Crippen LogP contribution in [0.4, 0.5) is 9.59 Å². The Balaban J connectivity index is 2.84. The zero-order chi connectivity index (χ0) is 9.30. The first-order valence-corrected chi connectivity index (χ1v) is 2.95. The van der Waals surface area contributed by atoms with Crippen LogP contribution >= 0.6 is 0 Å². The zero-order valence-electron chi connectivity index (χ0n) is 5.76. The van der Waals surface area contributed by atoms with Crippen molar-refractivity contribution < 1.29 is 29.3 Å². The standard InChI is InChI=1S/C5H5NO6/c7-3(8)2-1-12-5(11)6(2)4(9)10/h2H,1H2,(H,7,8)(H,9,10). The number of carboxylic acids is 1. The Bertz CT molecular complexity index is 248. The van der Waals surface area contributed by atoms with Crippen LogP contribution in [0, 0.1) is 0 Å². The molecule has 0 aromatic carbocycles. The zero-order valence-corrected chi connectivity index (χ0v) is 5.76. The van der Waals surface area contributed by atoms with Crippen molar-refractivity contribution in [1.29, 1.82) is 0 Å². The Kier molecular flexibility index (Phi) is 1.86. The first kappa shape index (κ1) is 8.31. The van der Waals surface area contributed by atoms with E-state index in [0.717, 1.165) is 0 Å². The van der Waals surface area contributed by atoms with Gasteiger partial charge in [-0.2, -0.15) is 4.90 Å². The van der Waals surface area contributed by atoms with Gasteiger partial charge in [-0.05, 0) is 0 Å². The molecule has 12 heavy (non-hydrogen) atoms. The highest BCUT2D eigenvalue weighted by molar-refractivity contribution is 5.94. The molecule has 7 nitrogen and oxygen atoms in total. The molecule has 2 amide bonds. The van der Waals surface area contributed by atoms with Crippen LogP contribution in [0.1, 0.15) is 0 Å². The average molecular weight is 175 g/mol. The largest absolute Gasteiger partial charge is 0.480 e. The maximum absolute atomic E-state index is 10.6. The van der Waals surface area contributed by atoms with E-state index < -0.39 is 30.8 Å². The Hall–Kier alpha value is -1.79. The lowest BCUT2D eigenvalue weighted by molar-refractivity contribution is -0.141. The number of aliphatic carboxylic acids is 1. The van der Waals surface area contributed by atoms with E-state index in [-0.39, 0.29) is 4.90 Å². The molecule has 1 aliphatic rings. The number of ether oxygens (including phenoxy) is 1. The minimum absolute atomic E-state index is 0.141. The summed E-state index contributed by atoms with van der Waals surface area (Å²) in [5.41, 5.74) is 0.